The van der Waals surface area contributed by atoms with Gasteiger partial charge < -0.3 is 0 Å². The molecule has 1 aliphatic carbocycles. The van der Waals surface area contributed by atoms with E-state index in [9.17, 15) is 0 Å². The minimum Gasteiger partial charge on any atom is -0.152 e. The van der Waals surface area contributed by atoms with Crippen molar-refractivity contribution in [3.8, 4) is 0 Å². The Kier molecular flexibility index (Phi) is 3.73. The summed E-state index contributed by atoms with van der Waals surface area (Å²) in [5, 5.41) is 4.72. The van der Waals surface area contributed by atoms with Gasteiger partial charge in [-0.05, 0) is 64.8 Å². The Morgan fingerprint density at radius 3 is 2.56 bits per heavy atom. The van der Waals surface area contributed by atoms with Gasteiger partial charge in [-0.2, -0.15) is 11.3 Å². The monoisotopic (exact) mass is 236 g/mol. The van der Waals surface area contributed by atoms with E-state index in [2.05, 4.69) is 38.5 Å². The highest BCUT2D eigenvalue weighted by molar-refractivity contribution is 7.08. The van der Waals surface area contributed by atoms with E-state index < -0.39 is 0 Å². The summed E-state index contributed by atoms with van der Waals surface area (Å²) in [5.41, 5.74) is 3.23. The zero-order valence-electron chi connectivity index (χ0n) is 11.0. The lowest BCUT2D eigenvalue weighted by atomic mass is 9.97. The van der Waals surface area contributed by atoms with Gasteiger partial charge in [-0.25, -0.2) is 0 Å². The lowest BCUT2D eigenvalue weighted by Crippen LogP contribution is -1.96. The van der Waals surface area contributed by atoms with Crippen molar-refractivity contribution < 1.29 is 0 Å². The second-order valence-electron chi connectivity index (χ2n) is 6.10. The van der Waals surface area contributed by atoms with Crippen molar-refractivity contribution in [1.29, 1.82) is 0 Å². The highest BCUT2D eigenvalue weighted by Gasteiger charge is 2.37. The molecule has 1 saturated carbocycles. The minimum absolute atomic E-state index is 0.698. The molecule has 90 valence electrons. The predicted molar refractivity (Wildman–Crippen MR) is 73.2 cm³/mol. The van der Waals surface area contributed by atoms with E-state index in [4.69, 9.17) is 0 Å². The first kappa shape index (κ1) is 12.2. The van der Waals surface area contributed by atoms with Gasteiger partial charge in [0.05, 0.1) is 0 Å². The van der Waals surface area contributed by atoms with Gasteiger partial charge in [0.2, 0.25) is 0 Å². The van der Waals surface area contributed by atoms with Crippen molar-refractivity contribution in [1.82, 2.24) is 0 Å². The standard InChI is InChI=1S/C15H24S/c1-10(2)5-12-6-13(12)7-14-8-16-9-15(14)11(3)4/h8-13H,5-7H2,1-4H3/t12-,13-/m0/s1. The number of hydrogen-bond donors (Lipinski definition) is 0. The SMILES string of the molecule is CC(C)C[C@H]1C[C@H]1Cc1cscc1C(C)C. The number of rotatable bonds is 5. The van der Waals surface area contributed by atoms with Crippen molar-refractivity contribution in [2.24, 2.45) is 17.8 Å². The van der Waals surface area contributed by atoms with Gasteiger partial charge in [-0.1, -0.05) is 27.7 Å². The van der Waals surface area contributed by atoms with Crippen LogP contribution in [-0.2, 0) is 6.42 Å². The summed E-state index contributed by atoms with van der Waals surface area (Å²) in [6.45, 7) is 9.31. The fourth-order valence-corrected chi connectivity index (χ4v) is 3.78. The third kappa shape index (κ3) is 2.88. The Bertz CT molecular complexity index is 335. The van der Waals surface area contributed by atoms with Crippen LogP contribution in [-0.4, -0.2) is 0 Å². The normalized spacial score (nSPS) is 24.4. The van der Waals surface area contributed by atoms with Crippen LogP contribution >= 0.6 is 11.3 Å². The molecule has 2 rings (SSSR count). The van der Waals surface area contributed by atoms with E-state index in [1.165, 1.54) is 19.3 Å². The molecule has 0 N–H and O–H groups in total. The molecule has 1 fully saturated rings. The van der Waals surface area contributed by atoms with Crippen LogP contribution in [0, 0.1) is 17.8 Å². The maximum absolute atomic E-state index is 2.38. The maximum atomic E-state index is 2.38. The fraction of sp³-hybridized carbons (Fsp3) is 0.733. The maximum Gasteiger partial charge on any atom is -0.00558 e. The summed E-state index contributed by atoms with van der Waals surface area (Å²) >= 11 is 1.88. The summed E-state index contributed by atoms with van der Waals surface area (Å²) < 4.78 is 0. The zero-order valence-corrected chi connectivity index (χ0v) is 11.8. The van der Waals surface area contributed by atoms with Crippen LogP contribution < -0.4 is 0 Å². The van der Waals surface area contributed by atoms with Gasteiger partial charge in [0.25, 0.3) is 0 Å². The van der Waals surface area contributed by atoms with Crippen LogP contribution in [0.5, 0.6) is 0 Å². The molecule has 0 bridgehead atoms. The molecule has 1 aliphatic rings. The molecule has 0 aliphatic heterocycles. The molecule has 0 unspecified atom stereocenters. The number of thiophene rings is 1. The highest BCUT2D eigenvalue weighted by atomic mass is 32.1. The summed E-state index contributed by atoms with van der Waals surface area (Å²) in [6.07, 6.45) is 4.26. The molecule has 1 heteroatoms. The van der Waals surface area contributed by atoms with E-state index in [-0.39, 0.29) is 0 Å². The molecule has 1 heterocycles. The Labute approximate surface area is 104 Å². The van der Waals surface area contributed by atoms with E-state index >= 15 is 0 Å². The number of hydrogen-bond acceptors (Lipinski definition) is 1. The third-order valence-corrected chi connectivity index (χ3v) is 4.53. The molecular formula is C15H24S. The first-order valence-corrected chi connectivity index (χ1v) is 7.57. The van der Waals surface area contributed by atoms with Crippen LogP contribution in [0.4, 0.5) is 0 Å². The second-order valence-corrected chi connectivity index (χ2v) is 6.84. The largest absolute Gasteiger partial charge is 0.152 e. The Balaban J connectivity index is 1.89. The molecule has 0 saturated heterocycles. The predicted octanol–water partition coefficient (Wildman–Crippen LogP) is 5.10. The third-order valence-electron chi connectivity index (χ3n) is 3.72. The Morgan fingerprint density at radius 1 is 1.19 bits per heavy atom. The average Bonchev–Trinajstić information content (AvgIpc) is 2.74. The molecule has 0 amide bonds. The minimum atomic E-state index is 0.698. The molecule has 0 spiro atoms. The van der Waals surface area contributed by atoms with Gasteiger partial charge >= 0.3 is 0 Å². The second kappa shape index (κ2) is 4.91. The first-order valence-electron chi connectivity index (χ1n) is 6.62. The molecule has 0 nitrogen and oxygen atoms in total. The van der Waals surface area contributed by atoms with Gasteiger partial charge in [0.1, 0.15) is 0 Å². The zero-order chi connectivity index (χ0) is 11.7. The van der Waals surface area contributed by atoms with E-state index in [1.807, 2.05) is 11.3 Å². The first-order chi connectivity index (χ1) is 7.58. The highest BCUT2D eigenvalue weighted by Crippen LogP contribution is 2.46. The van der Waals surface area contributed by atoms with Gasteiger partial charge in [0.15, 0.2) is 0 Å². The van der Waals surface area contributed by atoms with E-state index in [0.717, 1.165) is 17.8 Å². The van der Waals surface area contributed by atoms with Crippen LogP contribution in [0.3, 0.4) is 0 Å². The fourth-order valence-electron chi connectivity index (χ4n) is 2.74. The molecule has 1 aromatic heterocycles. The molecule has 16 heavy (non-hydrogen) atoms. The lowest BCUT2D eigenvalue weighted by molar-refractivity contribution is 0.511. The van der Waals surface area contributed by atoms with Gasteiger partial charge in [0, 0.05) is 0 Å². The van der Waals surface area contributed by atoms with Crippen molar-refractivity contribution in [3.05, 3.63) is 21.9 Å². The quantitative estimate of drug-likeness (QED) is 0.667. The molecular weight excluding hydrogens is 212 g/mol. The Hall–Kier alpha value is -0.300. The van der Waals surface area contributed by atoms with Crippen molar-refractivity contribution in [3.63, 3.8) is 0 Å². The van der Waals surface area contributed by atoms with Crippen LogP contribution in [0.2, 0.25) is 0 Å². The molecule has 1 aromatic rings. The van der Waals surface area contributed by atoms with Crippen LogP contribution in [0.1, 0.15) is 57.6 Å². The topological polar surface area (TPSA) is 0 Å². The van der Waals surface area contributed by atoms with Crippen LogP contribution in [0.25, 0.3) is 0 Å². The Morgan fingerprint density at radius 2 is 1.94 bits per heavy atom. The van der Waals surface area contributed by atoms with Crippen molar-refractivity contribution in [2.75, 3.05) is 0 Å². The molecule has 0 radical (unpaired) electrons. The summed E-state index contributed by atoms with van der Waals surface area (Å²) in [5.74, 6) is 3.60. The smallest absolute Gasteiger partial charge is 0.00558 e. The molecule has 0 aromatic carbocycles. The van der Waals surface area contributed by atoms with E-state index in [1.54, 1.807) is 11.1 Å². The molecule has 2 atom stereocenters. The van der Waals surface area contributed by atoms with Gasteiger partial charge in [-0.3, -0.25) is 0 Å². The van der Waals surface area contributed by atoms with E-state index in [0.29, 0.717) is 5.92 Å². The summed E-state index contributed by atoms with van der Waals surface area (Å²) in [4.78, 5) is 0. The van der Waals surface area contributed by atoms with Crippen molar-refractivity contribution >= 4 is 11.3 Å². The summed E-state index contributed by atoms with van der Waals surface area (Å²) in [7, 11) is 0. The van der Waals surface area contributed by atoms with Crippen LogP contribution in [0.15, 0.2) is 10.8 Å². The average molecular weight is 236 g/mol. The van der Waals surface area contributed by atoms with Gasteiger partial charge in [-0.15, -0.1) is 0 Å². The van der Waals surface area contributed by atoms with Crippen molar-refractivity contribution in [2.45, 2.75) is 52.9 Å². The summed E-state index contributed by atoms with van der Waals surface area (Å²) in [6, 6.07) is 0. The lowest BCUT2D eigenvalue weighted by Gasteiger charge is -2.07.